The number of nitriles is 1. The Labute approximate surface area is 167 Å². The van der Waals surface area contributed by atoms with E-state index >= 15 is 0 Å². The zero-order valence-electron chi connectivity index (χ0n) is 15.5. The first kappa shape index (κ1) is 18.5. The topological polar surface area (TPSA) is 83.6 Å². The second-order valence-electron chi connectivity index (χ2n) is 7.24. The maximum Gasteiger partial charge on any atom is 0.235 e. The number of hydrogen-bond donors (Lipinski definition) is 1. The molecule has 6 nitrogen and oxygen atoms in total. The van der Waals surface area contributed by atoms with Gasteiger partial charge < -0.3 is 9.88 Å². The monoisotopic (exact) mass is 401 g/mol. The first-order chi connectivity index (χ1) is 13.2. The SMILES string of the molecule is Cn1c(SCC(=O)Nc2sc3c(c2C#N)CCCC3)nnc1C1CCCC1. The number of fused-ring (bicyclic) bond motifs is 1. The quantitative estimate of drug-likeness (QED) is 0.765. The van der Waals surface area contributed by atoms with E-state index in [1.165, 1.54) is 42.3 Å². The Kier molecular flexibility index (Phi) is 5.50. The van der Waals surface area contributed by atoms with Crippen molar-refractivity contribution < 1.29 is 4.79 Å². The lowest BCUT2D eigenvalue weighted by atomic mass is 9.96. The second-order valence-corrected chi connectivity index (χ2v) is 9.29. The summed E-state index contributed by atoms with van der Waals surface area (Å²) in [5.41, 5.74) is 1.81. The van der Waals surface area contributed by atoms with Crippen LogP contribution in [0.1, 0.15) is 66.3 Å². The lowest BCUT2D eigenvalue weighted by Crippen LogP contribution is -2.14. The Morgan fingerprint density at radius 3 is 2.85 bits per heavy atom. The summed E-state index contributed by atoms with van der Waals surface area (Å²) in [6.45, 7) is 0. The molecule has 8 heteroatoms. The Balaban J connectivity index is 1.39. The number of nitrogens with zero attached hydrogens (tertiary/aromatic N) is 4. The normalized spacial score (nSPS) is 16.9. The fraction of sp³-hybridized carbons (Fsp3) is 0.579. The van der Waals surface area contributed by atoms with Crippen molar-refractivity contribution in [3.63, 3.8) is 0 Å². The van der Waals surface area contributed by atoms with Gasteiger partial charge in [-0.2, -0.15) is 5.26 Å². The molecule has 1 amide bonds. The standard InChI is InChI=1S/C19H23N5OS2/c1-24-17(12-6-2-3-7-12)22-23-19(24)26-11-16(25)21-18-14(10-20)13-8-4-5-9-15(13)27-18/h12H,2-9,11H2,1H3,(H,21,25). The van der Waals surface area contributed by atoms with Crippen LogP contribution in [-0.2, 0) is 24.7 Å². The first-order valence-electron chi connectivity index (χ1n) is 9.54. The van der Waals surface area contributed by atoms with Gasteiger partial charge in [0.15, 0.2) is 5.16 Å². The van der Waals surface area contributed by atoms with Crippen LogP contribution in [0.15, 0.2) is 5.16 Å². The summed E-state index contributed by atoms with van der Waals surface area (Å²) in [6, 6.07) is 2.29. The summed E-state index contributed by atoms with van der Waals surface area (Å²) in [6.07, 6.45) is 9.12. The van der Waals surface area contributed by atoms with Crippen LogP contribution in [0.5, 0.6) is 0 Å². The highest BCUT2D eigenvalue weighted by Crippen LogP contribution is 2.38. The van der Waals surface area contributed by atoms with Gasteiger partial charge in [-0.1, -0.05) is 24.6 Å². The van der Waals surface area contributed by atoms with Gasteiger partial charge in [-0.25, -0.2) is 0 Å². The summed E-state index contributed by atoms with van der Waals surface area (Å²) >= 11 is 2.97. The molecule has 0 unspecified atom stereocenters. The fourth-order valence-corrected chi connectivity index (χ4v) is 6.03. The van der Waals surface area contributed by atoms with Gasteiger partial charge in [0.05, 0.1) is 11.3 Å². The zero-order valence-corrected chi connectivity index (χ0v) is 17.1. The number of hydrogen-bond acceptors (Lipinski definition) is 6. The number of thioether (sulfide) groups is 1. The fourth-order valence-electron chi connectivity index (χ4n) is 4.06. The van der Waals surface area contributed by atoms with E-state index < -0.39 is 0 Å². The molecular weight excluding hydrogens is 378 g/mol. The Hall–Kier alpha value is -1.85. The summed E-state index contributed by atoms with van der Waals surface area (Å²) < 4.78 is 2.03. The van der Waals surface area contributed by atoms with Crippen molar-refractivity contribution >= 4 is 34.0 Å². The van der Waals surface area contributed by atoms with Crippen molar-refractivity contribution in [1.29, 1.82) is 5.26 Å². The molecule has 2 aromatic rings. The average molecular weight is 402 g/mol. The van der Waals surface area contributed by atoms with E-state index in [1.807, 2.05) is 11.6 Å². The van der Waals surface area contributed by atoms with Gasteiger partial charge in [-0.3, -0.25) is 4.79 Å². The van der Waals surface area contributed by atoms with E-state index in [0.29, 0.717) is 16.5 Å². The van der Waals surface area contributed by atoms with E-state index in [9.17, 15) is 10.1 Å². The highest BCUT2D eigenvalue weighted by Gasteiger charge is 2.24. The van der Waals surface area contributed by atoms with Crippen LogP contribution in [0.2, 0.25) is 0 Å². The summed E-state index contributed by atoms with van der Waals surface area (Å²) in [7, 11) is 1.98. The molecule has 27 heavy (non-hydrogen) atoms. The molecule has 2 aliphatic carbocycles. The van der Waals surface area contributed by atoms with Crippen molar-refractivity contribution in [2.45, 2.75) is 62.4 Å². The molecule has 0 aliphatic heterocycles. The minimum atomic E-state index is -0.0967. The number of aryl methyl sites for hydroxylation is 1. The smallest absolute Gasteiger partial charge is 0.235 e. The van der Waals surface area contributed by atoms with E-state index in [-0.39, 0.29) is 11.7 Å². The molecule has 142 valence electrons. The zero-order chi connectivity index (χ0) is 18.8. The summed E-state index contributed by atoms with van der Waals surface area (Å²) in [5, 5.41) is 22.6. The molecule has 1 saturated carbocycles. The molecule has 1 N–H and O–H groups in total. The highest BCUT2D eigenvalue weighted by molar-refractivity contribution is 7.99. The number of amides is 1. The molecule has 2 heterocycles. The predicted octanol–water partition coefficient (Wildman–Crippen LogP) is 4.02. The van der Waals surface area contributed by atoms with Gasteiger partial charge in [-0.15, -0.1) is 21.5 Å². The number of aromatic nitrogens is 3. The number of carbonyl (C=O) groups excluding carboxylic acids is 1. The number of anilines is 1. The van der Waals surface area contributed by atoms with Crippen molar-refractivity contribution in [1.82, 2.24) is 14.8 Å². The molecule has 1 fully saturated rings. The summed E-state index contributed by atoms with van der Waals surface area (Å²) in [5.74, 6) is 1.71. The van der Waals surface area contributed by atoms with Gasteiger partial charge in [-0.05, 0) is 44.1 Å². The Morgan fingerprint density at radius 1 is 1.30 bits per heavy atom. The van der Waals surface area contributed by atoms with E-state index in [1.54, 1.807) is 11.3 Å². The van der Waals surface area contributed by atoms with E-state index in [2.05, 4.69) is 21.6 Å². The van der Waals surface area contributed by atoms with E-state index in [0.717, 1.165) is 42.2 Å². The minimum absolute atomic E-state index is 0.0967. The number of carbonyl (C=O) groups is 1. The first-order valence-corrected chi connectivity index (χ1v) is 11.3. The average Bonchev–Trinajstić information content (AvgIpc) is 3.38. The second kappa shape index (κ2) is 8.03. The van der Waals surface area contributed by atoms with Crippen LogP contribution >= 0.6 is 23.1 Å². The van der Waals surface area contributed by atoms with Crippen molar-refractivity contribution in [2.75, 3.05) is 11.1 Å². The number of thiophene rings is 1. The maximum absolute atomic E-state index is 12.4. The maximum atomic E-state index is 12.4. The molecule has 0 spiro atoms. The van der Waals surface area contributed by atoms with Crippen LogP contribution in [0, 0.1) is 11.3 Å². The molecule has 0 radical (unpaired) electrons. The number of rotatable bonds is 5. The Bertz CT molecular complexity index is 889. The van der Waals surface area contributed by atoms with Gasteiger partial charge in [0.2, 0.25) is 5.91 Å². The van der Waals surface area contributed by atoms with Crippen molar-refractivity contribution in [3.8, 4) is 6.07 Å². The Morgan fingerprint density at radius 2 is 2.07 bits per heavy atom. The van der Waals surface area contributed by atoms with Crippen LogP contribution in [0.4, 0.5) is 5.00 Å². The molecule has 0 atom stereocenters. The molecule has 2 aromatic heterocycles. The molecule has 4 rings (SSSR count). The molecule has 0 aromatic carbocycles. The third-order valence-electron chi connectivity index (χ3n) is 5.46. The van der Waals surface area contributed by atoms with Crippen LogP contribution in [0.3, 0.4) is 0 Å². The van der Waals surface area contributed by atoms with Gasteiger partial charge in [0, 0.05) is 17.8 Å². The van der Waals surface area contributed by atoms with Gasteiger partial charge >= 0.3 is 0 Å². The van der Waals surface area contributed by atoms with Gasteiger partial charge in [0.1, 0.15) is 16.9 Å². The number of nitrogens with one attached hydrogen (secondary N) is 1. The van der Waals surface area contributed by atoms with Crippen LogP contribution in [-0.4, -0.2) is 26.4 Å². The lowest BCUT2D eigenvalue weighted by molar-refractivity contribution is -0.113. The van der Waals surface area contributed by atoms with Gasteiger partial charge in [0.25, 0.3) is 0 Å². The third kappa shape index (κ3) is 3.76. The summed E-state index contributed by atoms with van der Waals surface area (Å²) in [4.78, 5) is 13.7. The molecular formula is C19H23N5OS2. The van der Waals surface area contributed by atoms with Crippen LogP contribution < -0.4 is 5.32 Å². The molecule has 0 saturated heterocycles. The molecule has 2 aliphatic rings. The van der Waals surface area contributed by atoms with Crippen molar-refractivity contribution in [3.05, 3.63) is 21.8 Å². The largest absolute Gasteiger partial charge is 0.316 e. The van der Waals surface area contributed by atoms with E-state index in [4.69, 9.17) is 0 Å². The third-order valence-corrected chi connectivity index (χ3v) is 7.68. The molecule has 0 bridgehead atoms. The highest BCUT2D eigenvalue weighted by atomic mass is 32.2. The lowest BCUT2D eigenvalue weighted by Gasteiger charge is -2.09. The predicted molar refractivity (Wildman–Crippen MR) is 107 cm³/mol. The minimum Gasteiger partial charge on any atom is -0.316 e. The van der Waals surface area contributed by atoms with Crippen LogP contribution in [0.25, 0.3) is 0 Å². The van der Waals surface area contributed by atoms with Crippen molar-refractivity contribution in [2.24, 2.45) is 7.05 Å².